The molecule has 5 heteroatoms. The minimum atomic E-state index is -0.466. The normalized spacial score (nSPS) is 12.0. The summed E-state index contributed by atoms with van der Waals surface area (Å²) < 4.78 is 1.82. The van der Waals surface area contributed by atoms with E-state index in [0.29, 0.717) is 12.4 Å². The first-order valence-corrected chi connectivity index (χ1v) is 7.48. The molecule has 0 saturated carbocycles. The topological polar surface area (TPSA) is 59.8 Å². The summed E-state index contributed by atoms with van der Waals surface area (Å²) in [7, 11) is 0. The molecule has 0 aliphatic carbocycles. The smallest absolute Gasteiger partial charge is 0.230 e. The lowest BCUT2D eigenvalue weighted by Gasteiger charge is -2.16. The van der Waals surface area contributed by atoms with Gasteiger partial charge in [0.25, 0.3) is 0 Å². The standard InChI is InChI=1S/C17H20N4O/c1-5-21-15-12(10-11-8-6-7-9-13(11)18-15)14(20-21)19-16(22)17(2,3)4/h6-10H,5H2,1-4H3,(H,19,20,22). The van der Waals surface area contributed by atoms with Crippen molar-refractivity contribution in [1.82, 2.24) is 14.8 Å². The monoisotopic (exact) mass is 296 g/mol. The van der Waals surface area contributed by atoms with E-state index in [0.717, 1.165) is 21.9 Å². The van der Waals surface area contributed by atoms with Crippen molar-refractivity contribution in [1.29, 1.82) is 0 Å². The van der Waals surface area contributed by atoms with Gasteiger partial charge in [-0.1, -0.05) is 39.0 Å². The van der Waals surface area contributed by atoms with Gasteiger partial charge in [0.05, 0.1) is 10.9 Å². The number of rotatable bonds is 2. The Morgan fingerprint density at radius 2 is 2.00 bits per heavy atom. The highest BCUT2D eigenvalue weighted by Crippen LogP contribution is 2.27. The number of fused-ring (bicyclic) bond motifs is 2. The number of carbonyl (C=O) groups is 1. The predicted octanol–water partition coefficient (Wildman–Crippen LogP) is 3.59. The molecule has 2 aromatic heterocycles. The second-order valence-corrected chi connectivity index (χ2v) is 6.42. The van der Waals surface area contributed by atoms with E-state index in [2.05, 4.69) is 15.4 Å². The van der Waals surface area contributed by atoms with Crippen LogP contribution in [0.1, 0.15) is 27.7 Å². The Morgan fingerprint density at radius 3 is 2.68 bits per heavy atom. The molecule has 3 rings (SSSR count). The molecule has 0 atom stereocenters. The first kappa shape index (κ1) is 14.5. The van der Waals surface area contributed by atoms with Gasteiger partial charge in [-0.05, 0) is 19.1 Å². The second-order valence-electron chi connectivity index (χ2n) is 6.42. The van der Waals surface area contributed by atoms with Gasteiger partial charge in [-0.15, -0.1) is 0 Å². The van der Waals surface area contributed by atoms with Crippen LogP contribution in [-0.2, 0) is 11.3 Å². The van der Waals surface area contributed by atoms with Crippen LogP contribution in [0.15, 0.2) is 30.3 Å². The van der Waals surface area contributed by atoms with E-state index < -0.39 is 5.41 Å². The summed E-state index contributed by atoms with van der Waals surface area (Å²) in [6.07, 6.45) is 0. The third kappa shape index (κ3) is 2.43. The van der Waals surface area contributed by atoms with Gasteiger partial charge in [-0.2, -0.15) is 5.10 Å². The Hall–Kier alpha value is -2.43. The number of hydrogen-bond acceptors (Lipinski definition) is 3. The maximum absolute atomic E-state index is 12.3. The highest BCUT2D eigenvalue weighted by Gasteiger charge is 2.23. The zero-order valence-corrected chi connectivity index (χ0v) is 13.3. The predicted molar refractivity (Wildman–Crippen MR) is 88.8 cm³/mol. The van der Waals surface area contributed by atoms with Crippen LogP contribution < -0.4 is 5.32 Å². The van der Waals surface area contributed by atoms with E-state index in [4.69, 9.17) is 0 Å². The Balaban J connectivity index is 2.18. The molecule has 0 radical (unpaired) electrons. The summed E-state index contributed by atoms with van der Waals surface area (Å²) in [5, 5.41) is 9.35. The third-order valence-electron chi connectivity index (χ3n) is 3.64. The number of benzene rings is 1. The Kier molecular flexibility index (Phi) is 3.35. The molecule has 0 bridgehead atoms. The summed E-state index contributed by atoms with van der Waals surface area (Å²) >= 11 is 0. The molecule has 0 aliphatic rings. The molecule has 1 N–H and O–H groups in total. The van der Waals surface area contributed by atoms with Gasteiger partial charge < -0.3 is 5.32 Å². The van der Waals surface area contributed by atoms with Crippen LogP contribution in [0.5, 0.6) is 0 Å². The lowest BCUT2D eigenvalue weighted by atomic mass is 9.96. The number of anilines is 1. The number of pyridine rings is 1. The van der Waals surface area contributed by atoms with Crippen molar-refractivity contribution < 1.29 is 4.79 Å². The maximum Gasteiger partial charge on any atom is 0.230 e. The zero-order chi connectivity index (χ0) is 15.9. The second kappa shape index (κ2) is 5.09. The van der Waals surface area contributed by atoms with Crippen molar-refractivity contribution in [3.05, 3.63) is 30.3 Å². The minimum Gasteiger partial charge on any atom is -0.308 e. The number of para-hydroxylation sites is 1. The molecule has 1 aromatic carbocycles. The molecule has 0 fully saturated rings. The van der Waals surface area contributed by atoms with Gasteiger partial charge in [-0.3, -0.25) is 4.79 Å². The van der Waals surface area contributed by atoms with Gasteiger partial charge in [0.15, 0.2) is 11.5 Å². The molecule has 1 amide bonds. The van der Waals surface area contributed by atoms with Gasteiger partial charge in [0.1, 0.15) is 0 Å². The zero-order valence-electron chi connectivity index (χ0n) is 13.3. The van der Waals surface area contributed by atoms with Gasteiger partial charge in [0, 0.05) is 17.3 Å². The van der Waals surface area contributed by atoms with Gasteiger partial charge >= 0.3 is 0 Å². The largest absolute Gasteiger partial charge is 0.308 e. The lowest BCUT2D eigenvalue weighted by Crippen LogP contribution is -2.27. The number of carbonyl (C=O) groups excluding carboxylic acids is 1. The van der Waals surface area contributed by atoms with Crippen molar-refractivity contribution in [3.63, 3.8) is 0 Å². The summed E-state index contributed by atoms with van der Waals surface area (Å²) in [6, 6.07) is 9.98. The maximum atomic E-state index is 12.3. The Labute approximate surface area is 129 Å². The molecular formula is C17H20N4O. The van der Waals surface area contributed by atoms with Crippen molar-refractivity contribution >= 4 is 33.7 Å². The van der Waals surface area contributed by atoms with Crippen LogP contribution in [0.3, 0.4) is 0 Å². The summed E-state index contributed by atoms with van der Waals surface area (Å²) in [4.78, 5) is 16.9. The Morgan fingerprint density at radius 1 is 1.27 bits per heavy atom. The highest BCUT2D eigenvalue weighted by atomic mass is 16.2. The number of amides is 1. The van der Waals surface area contributed by atoms with E-state index >= 15 is 0 Å². The number of nitrogens with one attached hydrogen (secondary N) is 1. The summed E-state index contributed by atoms with van der Waals surface area (Å²) in [6.45, 7) is 8.37. The fourth-order valence-electron chi connectivity index (χ4n) is 2.31. The first-order chi connectivity index (χ1) is 10.4. The first-order valence-electron chi connectivity index (χ1n) is 7.48. The average Bonchev–Trinajstić information content (AvgIpc) is 2.81. The summed E-state index contributed by atoms with van der Waals surface area (Å²) in [5.41, 5.74) is 1.26. The van der Waals surface area contributed by atoms with Crippen LogP contribution in [0, 0.1) is 5.41 Å². The van der Waals surface area contributed by atoms with Crippen LogP contribution in [0.4, 0.5) is 5.82 Å². The van der Waals surface area contributed by atoms with E-state index in [-0.39, 0.29) is 5.91 Å². The molecule has 2 heterocycles. The molecule has 3 aromatic rings. The van der Waals surface area contributed by atoms with E-state index in [9.17, 15) is 4.79 Å². The number of hydrogen-bond donors (Lipinski definition) is 1. The van der Waals surface area contributed by atoms with Crippen molar-refractivity contribution in [2.45, 2.75) is 34.2 Å². The van der Waals surface area contributed by atoms with Gasteiger partial charge in [-0.25, -0.2) is 9.67 Å². The summed E-state index contributed by atoms with van der Waals surface area (Å²) in [5.74, 6) is 0.526. The van der Waals surface area contributed by atoms with Crippen LogP contribution in [0.2, 0.25) is 0 Å². The molecule has 0 spiro atoms. The minimum absolute atomic E-state index is 0.0525. The van der Waals surface area contributed by atoms with Crippen molar-refractivity contribution in [2.75, 3.05) is 5.32 Å². The van der Waals surface area contributed by atoms with Crippen molar-refractivity contribution in [2.24, 2.45) is 5.41 Å². The molecule has 0 unspecified atom stereocenters. The Bertz CT molecular complexity index is 858. The lowest BCUT2D eigenvalue weighted by molar-refractivity contribution is -0.123. The van der Waals surface area contributed by atoms with Crippen molar-refractivity contribution in [3.8, 4) is 0 Å². The molecule has 0 saturated heterocycles. The molecule has 22 heavy (non-hydrogen) atoms. The average molecular weight is 296 g/mol. The fraction of sp³-hybridized carbons (Fsp3) is 0.353. The number of aryl methyl sites for hydroxylation is 1. The fourth-order valence-corrected chi connectivity index (χ4v) is 2.31. The van der Waals surface area contributed by atoms with E-state index in [1.807, 2.05) is 62.7 Å². The van der Waals surface area contributed by atoms with E-state index in [1.54, 1.807) is 0 Å². The SMILES string of the molecule is CCn1nc(NC(=O)C(C)(C)C)c2cc3ccccc3nc21. The quantitative estimate of drug-likeness (QED) is 0.786. The van der Waals surface area contributed by atoms with Crippen LogP contribution in [-0.4, -0.2) is 20.7 Å². The molecular weight excluding hydrogens is 276 g/mol. The third-order valence-corrected chi connectivity index (χ3v) is 3.64. The molecule has 114 valence electrons. The van der Waals surface area contributed by atoms with Crippen LogP contribution in [0.25, 0.3) is 21.9 Å². The molecule has 0 aliphatic heterocycles. The number of aromatic nitrogens is 3. The van der Waals surface area contributed by atoms with Crippen LogP contribution >= 0.6 is 0 Å². The van der Waals surface area contributed by atoms with E-state index in [1.165, 1.54) is 0 Å². The highest BCUT2D eigenvalue weighted by molar-refractivity contribution is 6.03. The van der Waals surface area contributed by atoms with Gasteiger partial charge in [0.2, 0.25) is 5.91 Å². The number of nitrogens with zero attached hydrogens (tertiary/aromatic N) is 3. The molecule has 5 nitrogen and oxygen atoms in total.